The van der Waals surface area contributed by atoms with Crippen molar-refractivity contribution < 1.29 is 14.3 Å². The lowest BCUT2D eigenvalue weighted by molar-refractivity contribution is -0.126. The minimum Gasteiger partial charge on any atom is -0.454 e. The van der Waals surface area contributed by atoms with Crippen LogP contribution in [0.5, 0.6) is 11.5 Å². The van der Waals surface area contributed by atoms with Crippen LogP contribution >= 0.6 is 0 Å². The molecule has 2 aliphatic rings. The Bertz CT molecular complexity index is 518. The zero-order valence-corrected chi connectivity index (χ0v) is 12.1. The minimum absolute atomic E-state index is 0.00995. The number of nitrogens with one attached hydrogen (secondary N) is 1. The molecule has 1 amide bonds. The minimum atomic E-state index is -0.0542. The van der Waals surface area contributed by atoms with E-state index in [-0.39, 0.29) is 24.7 Å². The number of hydrogen-bond donors (Lipinski definition) is 2. The molecule has 0 bridgehead atoms. The van der Waals surface area contributed by atoms with Gasteiger partial charge in [-0.3, -0.25) is 4.79 Å². The Morgan fingerprint density at radius 3 is 2.90 bits per heavy atom. The van der Waals surface area contributed by atoms with E-state index in [4.69, 9.17) is 15.2 Å². The number of fused-ring (bicyclic) bond motifs is 1. The first-order valence-corrected chi connectivity index (χ1v) is 7.66. The van der Waals surface area contributed by atoms with Crippen molar-refractivity contribution in [3.8, 4) is 11.5 Å². The maximum Gasteiger partial charge on any atom is 0.231 e. The molecule has 0 spiro atoms. The van der Waals surface area contributed by atoms with E-state index in [1.807, 2.05) is 18.2 Å². The summed E-state index contributed by atoms with van der Waals surface area (Å²) in [6, 6.07) is 5.72. The zero-order valence-electron chi connectivity index (χ0n) is 12.1. The summed E-state index contributed by atoms with van der Waals surface area (Å²) in [5.74, 6) is 1.52. The van der Waals surface area contributed by atoms with Gasteiger partial charge in [0.1, 0.15) is 0 Å². The number of rotatable bonds is 3. The molecule has 1 fully saturated rings. The highest BCUT2D eigenvalue weighted by molar-refractivity contribution is 5.79. The molecule has 5 heteroatoms. The first kappa shape index (κ1) is 14.2. The van der Waals surface area contributed by atoms with Crippen LogP contribution in [0.15, 0.2) is 18.2 Å². The quantitative estimate of drug-likeness (QED) is 0.834. The van der Waals surface area contributed by atoms with Crippen LogP contribution in [0.4, 0.5) is 0 Å². The lowest BCUT2D eigenvalue weighted by atomic mass is 9.94. The van der Waals surface area contributed by atoms with E-state index >= 15 is 0 Å². The van der Waals surface area contributed by atoms with Crippen molar-refractivity contribution in [1.82, 2.24) is 5.32 Å². The molecule has 3 rings (SSSR count). The molecule has 2 atom stereocenters. The summed E-state index contributed by atoms with van der Waals surface area (Å²) in [6.45, 7) is 0.765. The number of hydrogen-bond acceptors (Lipinski definition) is 4. The summed E-state index contributed by atoms with van der Waals surface area (Å²) in [4.78, 5) is 12.3. The van der Waals surface area contributed by atoms with Crippen molar-refractivity contribution in [3.63, 3.8) is 0 Å². The second kappa shape index (κ2) is 6.35. The SMILES string of the molecule is NC1CCCCCC1C(=O)NCc1ccc2c(c1)OCO2. The predicted molar refractivity (Wildman–Crippen MR) is 79.0 cm³/mol. The maximum absolute atomic E-state index is 12.3. The van der Waals surface area contributed by atoms with Crippen molar-refractivity contribution in [2.75, 3.05) is 6.79 Å². The summed E-state index contributed by atoms with van der Waals surface area (Å²) in [7, 11) is 0. The molecule has 0 aromatic heterocycles. The Balaban J connectivity index is 1.57. The van der Waals surface area contributed by atoms with Crippen LogP contribution in [0.3, 0.4) is 0 Å². The van der Waals surface area contributed by atoms with Crippen molar-refractivity contribution in [2.45, 2.75) is 44.7 Å². The van der Waals surface area contributed by atoms with Crippen LogP contribution in [-0.4, -0.2) is 18.7 Å². The van der Waals surface area contributed by atoms with Gasteiger partial charge in [-0.15, -0.1) is 0 Å². The molecule has 2 unspecified atom stereocenters. The van der Waals surface area contributed by atoms with Crippen LogP contribution in [0.25, 0.3) is 0 Å². The molecule has 0 radical (unpaired) electrons. The van der Waals surface area contributed by atoms with Gasteiger partial charge in [0.15, 0.2) is 11.5 Å². The summed E-state index contributed by atoms with van der Waals surface area (Å²) in [6.07, 6.45) is 5.25. The average molecular weight is 290 g/mol. The van der Waals surface area contributed by atoms with Crippen molar-refractivity contribution in [3.05, 3.63) is 23.8 Å². The largest absolute Gasteiger partial charge is 0.454 e. The van der Waals surface area contributed by atoms with E-state index in [0.717, 1.165) is 42.7 Å². The Morgan fingerprint density at radius 1 is 1.19 bits per heavy atom. The first-order chi connectivity index (χ1) is 10.2. The highest BCUT2D eigenvalue weighted by Crippen LogP contribution is 2.32. The monoisotopic (exact) mass is 290 g/mol. The normalized spacial score (nSPS) is 24.4. The fraction of sp³-hybridized carbons (Fsp3) is 0.562. The molecule has 1 heterocycles. The van der Waals surface area contributed by atoms with Gasteiger partial charge in [0, 0.05) is 12.6 Å². The highest BCUT2D eigenvalue weighted by atomic mass is 16.7. The number of carbonyl (C=O) groups is 1. The van der Waals surface area contributed by atoms with Gasteiger partial charge in [0.2, 0.25) is 12.7 Å². The van der Waals surface area contributed by atoms with Crippen LogP contribution in [0, 0.1) is 5.92 Å². The molecule has 3 N–H and O–H groups in total. The van der Waals surface area contributed by atoms with Gasteiger partial charge in [-0.05, 0) is 30.5 Å². The maximum atomic E-state index is 12.3. The molecule has 1 aliphatic heterocycles. The fourth-order valence-corrected chi connectivity index (χ4v) is 3.03. The molecular weight excluding hydrogens is 268 g/mol. The molecule has 0 saturated heterocycles. The van der Waals surface area contributed by atoms with Gasteiger partial charge in [0.05, 0.1) is 5.92 Å². The number of nitrogens with two attached hydrogens (primary N) is 1. The number of benzene rings is 1. The molecule has 1 aromatic rings. The van der Waals surface area contributed by atoms with E-state index in [0.29, 0.717) is 6.54 Å². The van der Waals surface area contributed by atoms with E-state index in [1.165, 1.54) is 6.42 Å². The van der Waals surface area contributed by atoms with Gasteiger partial charge in [-0.1, -0.05) is 25.3 Å². The third-order valence-corrected chi connectivity index (χ3v) is 4.31. The number of ether oxygens (including phenoxy) is 2. The van der Waals surface area contributed by atoms with Crippen LogP contribution in [0.1, 0.15) is 37.7 Å². The van der Waals surface area contributed by atoms with Crippen molar-refractivity contribution in [2.24, 2.45) is 11.7 Å². The molecule has 1 saturated carbocycles. The smallest absolute Gasteiger partial charge is 0.231 e. The Kier molecular flexibility index (Phi) is 4.29. The van der Waals surface area contributed by atoms with Crippen molar-refractivity contribution >= 4 is 5.91 Å². The van der Waals surface area contributed by atoms with Crippen molar-refractivity contribution in [1.29, 1.82) is 0 Å². The summed E-state index contributed by atoms with van der Waals surface area (Å²) >= 11 is 0. The van der Waals surface area contributed by atoms with Crippen LogP contribution in [-0.2, 0) is 11.3 Å². The van der Waals surface area contributed by atoms with E-state index < -0.39 is 0 Å². The third-order valence-electron chi connectivity index (χ3n) is 4.31. The average Bonchev–Trinajstić information content (AvgIpc) is 2.85. The predicted octanol–water partition coefficient (Wildman–Crippen LogP) is 1.94. The van der Waals surface area contributed by atoms with Crippen LogP contribution < -0.4 is 20.5 Å². The highest BCUT2D eigenvalue weighted by Gasteiger charge is 2.26. The van der Waals surface area contributed by atoms with E-state index in [1.54, 1.807) is 0 Å². The molecule has 1 aliphatic carbocycles. The second-order valence-corrected chi connectivity index (χ2v) is 5.81. The van der Waals surface area contributed by atoms with Gasteiger partial charge >= 0.3 is 0 Å². The van der Waals surface area contributed by atoms with Gasteiger partial charge in [0.25, 0.3) is 0 Å². The van der Waals surface area contributed by atoms with Crippen LogP contribution in [0.2, 0.25) is 0 Å². The topological polar surface area (TPSA) is 73.6 Å². The second-order valence-electron chi connectivity index (χ2n) is 5.81. The fourth-order valence-electron chi connectivity index (χ4n) is 3.03. The summed E-state index contributed by atoms with van der Waals surface area (Å²) in [5.41, 5.74) is 7.13. The Hall–Kier alpha value is -1.75. The van der Waals surface area contributed by atoms with Gasteiger partial charge in [-0.25, -0.2) is 0 Å². The number of carbonyl (C=O) groups excluding carboxylic acids is 1. The summed E-state index contributed by atoms with van der Waals surface area (Å²) < 4.78 is 10.6. The Morgan fingerprint density at radius 2 is 2.00 bits per heavy atom. The van der Waals surface area contributed by atoms with E-state index in [9.17, 15) is 4.79 Å². The molecule has 5 nitrogen and oxygen atoms in total. The Labute approximate surface area is 124 Å². The molecule has 1 aromatic carbocycles. The lowest BCUT2D eigenvalue weighted by Crippen LogP contribution is -2.41. The molecule has 21 heavy (non-hydrogen) atoms. The lowest BCUT2D eigenvalue weighted by Gasteiger charge is -2.20. The first-order valence-electron chi connectivity index (χ1n) is 7.66. The number of amides is 1. The van der Waals surface area contributed by atoms with Gasteiger partial charge < -0.3 is 20.5 Å². The zero-order chi connectivity index (χ0) is 14.7. The third kappa shape index (κ3) is 3.29. The van der Waals surface area contributed by atoms with E-state index in [2.05, 4.69) is 5.32 Å². The standard InChI is InChI=1S/C16H22N2O3/c17-13-5-3-1-2-4-12(13)16(19)18-9-11-6-7-14-15(8-11)21-10-20-14/h6-8,12-13H,1-5,9-10,17H2,(H,18,19). The summed E-state index contributed by atoms with van der Waals surface area (Å²) in [5, 5.41) is 3.00. The molecular formula is C16H22N2O3. The van der Waals surface area contributed by atoms with Gasteiger partial charge in [-0.2, -0.15) is 0 Å². The molecule has 114 valence electrons.